The van der Waals surface area contributed by atoms with E-state index in [1.807, 2.05) is 0 Å². The summed E-state index contributed by atoms with van der Waals surface area (Å²) in [5.41, 5.74) is 0. The standard InChI is InChI=1S/C66H114O6/c1-4-7-10-13-16-19-22-25-28-31-33-36-38-41-44-47-50-53-56-59-65(68)71-62-63(61-70-64(67)58-55-52-49-46-43-40-37-34-30-27-24-21-18-15-12-9-6-3)72-66(69)60-57-54-51-48-45-42-39-35-32-29-26-23-20-17-14-11-8-5-2/h9,12,16,18-19,21-22,25,27,30,37,40,46,49,63H,4-8,10-11,13-15,17,20,23-24,26,28-29,31-36,38-39,41-45,47-48,50-62H2,1-3H3/b12-9-,19-16-,21-18-,25-22-,30-27-,40-37-,49-46-. The first-order chi connectivity index (χ1) is 35.5. The van der Waals surface area contributed by atoms with Crippen LogP contribution in [0.25, 0.3) is 0 Å². The smallest absolute Gasteiger partial charge is 0.306 e. The van der Waals surface area contributed by atoms with Crippen LogP contribution >= 0.6 is 0 Å². The van der Waals surface area contributed by atoms with E-state index >= 15 is 0 Å². The van der Waals surface area contributed by atoms with Crippen LogP contribution in [0.1, 0.15) is 297 Å². The number of hydrogen-bond acceptors (Lipinski definition) is 6. The topological polar surface area (TPSA) is 78.9 Å². The highest BCUT2D eigenvalue weighted by Gasteiger charge is 2.19. The molecule has 0 rings (SSSR count). The first-order valence-corrected chi connectivity index (χ1v) is 30.6. The molecular formula is C66H114O6. The van der Waals surface area contributed by atoms with Crippen molar-refractivity contribution in [3.8, 4) is 0 Å². The third kappa shape index (κ3) is 57.5. The number of rotatable bonds is 55. The zero-order valence-corrected chi connectivity index (χ0v) is 47.4. The van der Waals surface area contributed by atoms with E-state index in [0.717, 1.165) is 77.0 Å². The van der Waals surface area contributed by atoms with Gasteiger partial charge in [0.1, 0.15) is 13.2 Å². The van der Waals surface area contributed by atoms with Crippen molar-refractivity contribution in [2.75, 3.05) is 13.2 Å². The molecule has 0 bridgehead atoms. The van der Waals surface area contributed by atoms with Crippen LogP contribution in [0.3, 0.4) is 0 Å². The Balaban J connectivity index is 4.44. The molecule has 0 aliphatic carbocycles. The molecule has 1 atom stereocenters. The second-order valence-electron chi connectivity index (χ2n) is 20.3. The van der Waals surface area contributed by atoms with E-state index in [1.165, 1.54) is 173 Å². The van der Waals surface area contributed by atoms with Gasteiger partial charge < -0.3 is 14.2 Å². The predicted molar refractivity (Wildman–Crippen MR) is 311 cm³/mol. The summed E-state index contributed by atoms with van der Waals surface area (Å²) in [5, 5.41) is 0. The summed E-state index contributed by atoms with van der Waals surface area (Å²) in [5.74, 6) is -0.945. The minimum Gasteiger partial charge on any atom is -0.462 e. The third-order valence-electron chi connectivity index (χ3n) is 13.2. The third-order valence-corrected chi connectivity index (χ3v) is 13.2. The molecule has 72 heavy (non-hydrogen) atoms. The van der Waals surface area contributed by atoms with Gasteiger partial charge in [-0.2, -0.15) is 0 Å². The number of esters is 3. The molecule has 0 aliphatic heterocycles. The van der Waals surface area contributed by atoms with Crippen molar-refractivity contribution in [2.45, 2.75) is 303 Å². The number of unbranched alkanes of at least 4 members (excludes halogenated alkanes) is 31. The Hall–Kier alpha value is -3.41. The van der Waals surface area contributed by atoms with Crippen LogP contribution in [0.4, 0.5) is 0 Å². The Morgan fingerprint density at radius 2 is 0.597 bits per heavy atom. The molecule has 0 amide bonds. The van der Waals surface area contributed by atoms with Crippen LogP contribution in [0.5, 0.6) is 0 Å². The number of carbonyl (C=O) groups is 3. The molecule has 0 fully saturated rings. The van der Waals surface area contributed by atoms with Crippen molar-refractivity contribution in [1.82, 2.24) is 0 Å². The Morgan fingerprint density at radius 1 is 0.306 bits per heavy atom. The molecule has 0 N–H and O–H groups in total. The fourth-order valence-corrected chi connectivity index (χ4v) is 8.59. The quantitative estimate of drug-likeness (QED) is 0.0199. The zero-order valence-electron chi connectivity index (χ0n) is 47.4. The minimum atomic E-state index is -0.800. The van der Waals surface area contributed by atoms with Crippen LogP contribution in [0.2, 0.25) is 0 Å². The highest BCUT2D eigenvalue weighted by atomic mass is 16.6. The van der Waals surface area contributed by atoms with Gasteiger partial charge in [-0.05, 0) is 83.5 Å². The molecule has 414 valence electrons. The summed E-state index contributed by atoms with van der Waals surface area (Å²) in [4.78, 5) is 38.2. The van der Waals surface area contributed by atoms with Crippen LogP contribution in [-0.2, 0) is 28.6 Å². The van der Waals surface area contributed by atoms with E-state index in [4.69, 9.17) is 14.2 Å². The van der Waals surface area contributed by atoms with E-state index in [0.29, 0.717) is 19.3 Å². The van der Waals surface area contributed by atoms with Crippen LogP contribution in [0.15, 0.2) is 85.1 Å². The van der Waals surface area contributed by atoms with Crippen molar-refractivity contribution in [1.29, 1.82) is 0 Å². The molecular weight excluding hydrogens is 889 g/mol. The maximum absolute atomic E-state index is 12.9. The summed E-state index contributed by atoms with van der Waals surface area (Å²) in [6.07, 6.45) is 78.7. The molecule has 0 spiro atoms. The number of allylic oxidation sites excluding steroid dienone is 14. The minimum absolute atomic E-state index is 0.0938. The van der Waals surface area contributed by atoms with Crippen molar-refractivity contribution < 1.29 is 28.6 Å². The van der Waals surface area contributed by atoms with Crippen molar-refractivity contribution in [3.63, 3.8) is 0 Å². The van der Waals surface area contributed by atoms with Gasteiger partial charge in [-0.1, -0.05) is 279 Å². The fourth-order valence-electron chi connectivity index (χ4n) is 8.59. The lowest BCUT2D eigenvalue weighted by atomic mass is 10.0. The van der Waals surface area contributed by atoms with Gasteiger partial charge in [-0.3, -0.25) is 14.4 Å². The normalized spacial score (nSPS) is 12.7. The molecule has 0 heterocycles. The number of ether oxygens (including phenoxy) is 3. The maximum Gasteiger partial charge on any atom is 0.306 e. The molecule has 1 unspecified atom stereocenters. The van der Waals surface area contributed by atoms with Crippen molar-refractivity contribution in [3.05, 3.63) is 85.1 Å². The van der Waals surface area contributed by atoms with E-state index in [9.17, 15) is 14.4 Å². The number of carbonyl (C=O) groups excluding carboxylic acids is 3. The fraction of sp³-hybridized carbons (Fsp3) is 0.742. The van der Waals surface area contributed by atoms with Gasteiger partial charge in [0.2, 0.25) is 0 Å². The first kappa shape index (κ1) is 68.6. The lowest BCUT2D eigenvalue weighted by Crippen LogP contribution is -2.30. The van der Waals surface area contributed by atoms with Gasteiger partial charge in [0.25, 0.3) is 0 Å². The van der Waals surface area contributed by atoms with Crippen LogP contribution in [0, 0.1) is 0 Å². The summed E-state index contributed by atoms with van der Waals surface area (Å²) < 4.78 is 16.9. The second-order valence-corrected chi connectivity index (χ2v) is 20.3. The van der Waals surface area contributed by atoms with Gasteiger partial charge in [0.05, 0.1) is 0 Å². The van der Waals surface area contributed by atoms with Gasteiger partial charge in [-0.25, -0.2) is 0 Å². The summed E-state index contributed by atoms with van der Waals surface area (Å²) in [7, 11) is 0. The Kier molecular flexibility index (Phi) is 57.3. The second kappa shape index (κ2) is 60.1. The molecule has 0 saturated carbocycles. The first-order valence-electron chi connectivity index (χ1n) is 30.6. The molecule has 0 aromatic carbocycles. The largest absolute Gasteiger partial charge is 0.462 e. The van der Waals surface area contributed by atoms with E-state index in [2.05, 4.69) is 106 Å². The lowest BCUT2D eigenvalue weighted by molar-refractivity contribution is -0.167. The molecule has 0 saturated heterocycles. The summed E-state index contributed by atoms with van der Waals surface area (Å²) in [6.45, 7) is 6.48. The lowest BCUT2D eigenvalue weighted by Gasteiger charge is -2.18. The average molecular weight is 1000 g/mol. The van der Waals surface area contributed by atoms with Crippen LogP contribution < -0.4 is 0 Å². The molecule has 0 aromatic rings. The SMILES string of the molecule is CC/C=C\C/C=C\C/C=C\C/C=C\C/C=C\CCCC(=O)OCC(COC(=O)CCCCCCCCCCCC/C=C\C=C/CCCCC)OC(=O)CCCCCCCCCCCCCCCCCCCC. The van der Waals surface area contributed by atoms with E-state index in [1.54, 1.807) is 0 Å². The van der Waals surface area contributed by atoms with Crippen molar-refractivity contribution >= 4 is 17.9 Å². The van der Waals surface area contributed by atoms with Gasteiger partial charge in [0, 0.05) is 19.3 Å². The number of hydrogen-bond donors (Lipinski definition) is 0. The maximum atomic E-state index is 12.9. The zero-order chi connectivity index (χ0) is 52.2. The summed E-state index contributed by atoms with van der Waals surface area (Å²) >= 11 is 0. The molecule has 0 aromatic heterocycles. The monoisotopic (exact) mass is 1000 g/mol. The predicted octanol–water partition coefficient (Wildman–Crippen LogP) is 20.7. The highest BCUT2D eigenvalue weighted by Crippen LogP contribution is 2.16. The van der Waals surface area contributed by atoms with Crippen molar-refractivity contribution in [2.24, 2.45) is 0 Å². The molecule has 0 aliphatic rings. The average Bonchev–Trinajstić information content (AvgIpc) is 3.38. The Labute approximate surface area is 445 Å². The van der Waals surface area contributed by atoms with Gasteiger partial charge in [0.15, 0.2) is 6.10 Å². The summed E-state index contributed by atoms with van der Waals surface area (Å²) in [6, 6.07) is 0. The van der Waals surface area contributed by atoms with Crippen LogP contribution in [-0.4, -0.2) is 37.2 Å². The van der Waals surface area contributed by atoms with Gasteiger partial charge >= 0.3 is 17.9 Å². The van der Waals surface area contributed by atoms with E-state index in [-0.39, 0.29) is 37.5 Å². The Morgan fingerprint density at radius 3 is 1.00 bits per heavy atom. The highest BCUT2D eigenvalue weighted by molar-refractivity contribution is 5.71. The van der Waals surface area contributed by atoms with E-state index < -0.39 is 6.10 Å². The Bertz CT molecular complexity index is 1380. The van der Waals surface area contributed by atoms with Gasteiger partial charge in [-0.15, -0.1) is 0 Å². The molecule has 6 nitrogen and oxygen atoms in total. The molecule has 0 radical (unpaired) electrons. The molecule has 6 heteroatoms.